The van der Waals surface area contributed by atoms with Gasteiger partial charge in [-0.25, -0.2) is 9.18 Å². The highest BCUT2D eigenvalue weighted by atomic mass is 19.1. The molecule has 0 saturated carbocycles. The van der Waals surface area contributed by atoms with Crippen LogP contribution < -0.4 is 10.6 Å². The maximum absolute atomic E-state index is 13.7. The fourth-order valence-electron chi connectivity index (χ4n) is 4.57. The van der Waals surface area contributed by atoms with Crippen LogP contribution in [0.3, 0.4) is 0 Å². The van der Waals surface area contributed by atoms with Crippen molar-refractivity contribution in [2.24, 2.45) is 0 Å². The Hall–Kier alpha value is -4.00. The Morgan fingerprint density at radius 3 is 2.09 bits per heavy atom. The Morgan fingerprint density at radius 1 is 0.912 bits per heavy atom. The first kappa shape index (κ1) is 23.2. The van der Waals surface area contributed by atoms with Gasteiger partial charge in [0.15, 0.2) is 0 Å². The second-order valence-electron chi connectivity index (χ2n) is 8.25. The van der Waals surface area contributed by atoms with Gasteiger partial charge in [-0.15, -0.1) is 0 Å². The molecule has 0 aromatic heterocycles. The third kappa shape index (κ3) is 4.69. The quantitative estimate of drug-likeness (QED) is 0.530. The second kappa shape index (κ2) is 9.87. The number of methoxy groups -OCH3 is 1. The number of carbonyl (C=O) groups excluding carboxylic acids is 3. The van der Waals surface area contributed by atoms with Gasteiger partial charge in [0.1, 0.15) is 17.9 Å². The zero-order valence-electron chi connectivity index (χ0n) is 18.9. The summed E-state index contributed by atoms with van der Waals surface area (Å²) in [5.41, 5.74) is 4.33. The van der Waals surface area contributed by atoms with E-state index in [1.54, 1.807) is 6.07 Å². The van der Waals surface area contributed by atoms with Crippen molar-refractivity contribution >= 4 is 17.8 Å². The number of esters is 1. The first-order chi connectivity index (χ1) is 16.4. The van der Waals surface area contributed by atoms with Crippen LogP contribution in [-0.4, -0.2) is 37.0 Å². The van der Waals surface area contributed by atoms with E-state index in [9.17, 15) is 18.8 Å². The fraction of sp³-hybridized carbons (Fsp3) is 0.222. The molecule has 2 amide bonds. The molecule has 7 heteroatoms. The van der Waals surface area contributed by atoms with E-state index in [0.717, 1.165) is 22.3 Å². The third-order valence-electron chi connectivity index (χ3n) is 5.99. The number of halogens is 1. The second-order valence-corrected chi connectivity index (χ2v) is 8.25. The molecule has 34 heavy (non-hydrogen) atoms. The summed E-state index contributed by atoms with van der Waals surface area (Å²) in [6, 6.07) is 19.3. The Bertz CT molecular complexity index is 1200. The van der Waals surface area contributed by atoms with Gasteiger partial charge in [-0.05, 0) is 39.9 Å². The van der Waals surface area contributed by atoms with Crippen LogP contribution in [0.2, 0.25) is 0 Å². The molecule has 0 fully saturated rings. The molecule has 0 spiro atoms. The molecular formula is C27H25FN2O4. The van der Waals surface area contributed by atoms with Crippen LogP contribution in [0.4, 0.5) is 4.39 Å². The lowest BCUT2D eigenvalue weighted by Crippen LogP contribution is -2.54. The number of hydrogen-bond acceptors (Lipinski definition) is 4. The van der Waals surface area contributed by atoms with Crippen molar-refractivity contribution in [1.82, 2.24) is 10.6 Å². The molecule has 0 heterocycles. The minimum Gasteiger partial charge on any atom is -0.467 e. The van der Waals surface area contributed by atoms with Crippen LogP contribution in [-0.2, 0) is 25.5 Å². The van der Waals surface area contributed by atoms with Crippen LogP contribution in [0, 0.1) is 5.82 Å². The van der Waals surface area contributed by atoms with Gasteiger partial charge in [0.05, 0.1) is 7.11 Å². The number of amides is 2. The van der Waals surface area contributed by atoms with Crippen LogP contribution in [0.25, 0.3) is 11.1 Å². The lowest BCUT2D eigenvalue weighted by molar-refractivity contribution is -0.145. The van der Waals surface area contributed by atoms with Crippen LogP contribution >= 0.6 is 0 Å². The number of ether oxygens (including phenoxy) is 1. The lowest BCUT2D eigenvalue weighted by Gasteiger charge is -2.27. The summed E-state index contributed by atoms with van der Waals surface area (Å²) in [4.78, 5) is 38.1. The maximum atomic E-state index is 13.7. The Morgan fingerprint density at radius 2 is 1.53 bits per heavy atom. The van der Waals surface area contributed by atoms with Gasteiger partial charge >= 0.3 is 5.97 Å². The Kier molecular flexibility index (Phi) is 6.72. The number of hydrogen-bond donors (Lipinski definition) is 2. The van der Waals surface area contributed by atoms with Crippen molar-refractivity contribution in [3.8, 4) is 11.1 Å². The van der Waals surface area contributed by atoms with Crippen molar-refractivity contribution in [3.63, 3.8) is 0 Å². The molecule has 6 nitrogen and oxygen atoms in total. The largest absolute Gasteiger partial charge is 0.467 e. The highest BCUT2D eigenvalue weighted by molar-refractivity contribution is 5.92. The molecule has 3 aromatic rings. The molecule has 2 atom stereocenters. The smallest absolute Gasteiger partial charge is 0.329 e. The maximum Gasteiger partial charge on any atom is 0.329 e. The number of fused-ring (bicyclic) bond motifs is 3. The van der Waals surface area contributed by atoms with E-state index in [2.05, 4.69) is 10.6 Å². The highest BCUT2D eigenvalue weighted by Gasteiger charge is 2.40. The summed E-state index contributed by atoms with van der Waals surface area (Å²) in [6.45, 7) is 1.30. The van der Waals surface area contributed by atoms with E-state index >= 15 is 0 Å². The average molecular weight is 461 g/mol. The van der Waals surface area contributed by atoms with Gasteiger partial charge in [-0.3, -0.25) is 9.59 Å². The molecule has 0 aliphatic heterocycles. The first-order valence-corrected chi connectivity index (χ1v) is 11.0. The molecule has 3 aromatic carbocycles. The standard InChI is InChI=1S/C27H25FN2O4/c1-16(31)29-23(15-17-8-7-9-18(28)14-17)26(32)30-25(27(33)34-2)24-21-12-5-3-10-19(21)20-11-4-6-13-22(20)24/h3-14,23-25H,15H2,1-2H3,(H,29,31)(H,30,32)/t23-,25+/m0/s1. The molecule has 1 aliphatic rings. The number of rotatable bonds is 7. The molecular weight excluding hydrogens is 435 g/mol. The normalized spacial score (nSPS) is 13.9. The third-order valence-corrected chi connectivity index (χ3v) is 5.99. The SMILES string of the molecule is COC(=O)[C@H](NC(=O)[C@H](Cc1cccc(F)c1)NC(C)=O)C1c2ccccc2-c2ccccc21. The molecule has 1 aliphatic carbocycles. The summed E-state index contributed by atoms with van der Waals surface area (Å²) in [5, 5.41) is 5.42. The van der Waals surface area contributed by atoms with Crippen LogP contribution in [0.1, 0.15) is 29.5 Å². The van der Waals surface area contributed by atoms with E-state index in [1.165, 1.54) is 32.2 Å². The average Bonchev–Trinajstić information content (AvgIpc) is 3.15. The van der Waals surface area contributed by atoms with Crippen LogP contribution in [0.15, 0.2) is 72.8 Å². The van der Waals surface area contributed by atoms with E-state index in [0.29, 0.717) is 5.56 Å². The van der Waals surface area contributed by atoms with E-state index < -0.39 is 41.6 Å². The fourth-order valence-corrected chi connectivity index (χ4v) is 4.57. The zero-order chi connectivity index (χ0) is 24.2. The summed E-state index contributed by atoms with van der Waals surface area (Å²) < 4.78 is 18.7. The molecule has 0 bridgehead atoms. The monoisotopic (exact) mass is 460 g/mol. The van der Waals surface area contributed by atoms with Gasteiger partial charge in [0.2, 0.25) is 11.8 Å². The summed E-state index contributed by atoms with van der Waals surface area (Å²) in [5.74, 6) is -2.47. The molecule has 4 rings (SSSR count). The highest BCUT2D eigenvalue weighted by Crippen LogP contribution is 2.46. The van der Waals surface area contributed by atoms with E-state index in [1.807, 2.05) is 48.5 Å². The predicted octanol–water partition coefficient (Wildman–Crippen LogP) is 3.34. The molecule has 0 radical (unpaired) electrons. The minimum atomic E-state index is -1.02. The lowest BCUT2D eigenvalue weighted by atomic mass is 9.89. The molecule has 0 saturated heterocycles. The van der Waals surface area contributed by atoms with E-state index in [-0.39, 0.29) is 6.42 Å². The first-order valence-electron chi connectivity index (χ1n) is 11.0. The Labute approximate surface area is 197 Å². The Balaban J connectivity index is 1.67. The van der Waals surface area contributed by atoms with Gasteiger partial charge in [-0.1, -0.05) is 60.7 Å². The predicted molar refractivity (Wildman–Crippen MR) is 125 cm³/mol. The van der Waals surface area contributed by atoms with Crippen molar-refractivity contribution in [2.45, 2.75) is 31.3 Å². The number of benzene rings is 3. The van der Waals surface area contributed by atoms with Crippen molar-refractivity contribution in [1.29, 1.82) is 0 Å². The van der Waals surface area contributed by atoms with Crippen LogP contribution in [0.5, 0.6) is 0 Å². The number of nitrogens with one attached hydrogen (secondary N) is 2. The molecule has 0 unspecified atom stereocenters. The molecule has 2 N–H and O–H groups in total. The van der Waals surface area contributed by atoms with Gasteiger partial charge in [0.25, 0.3) is 0 Å². The summed E-state index contributed by atoms with van der Waals surface area (Å²) in [6.07, 6.45) is 0.0644. The summed E-state index contributed by atoms with van der Waals surface area (Å²) in [7, 11) is 1.27. The van der Waals surface area contributed by atoms with Crippen molar-refractivity contribution < 1.29 is 23.5 Å². The molecule has 174 valence electrons. The summed E-state index contributed by atoms with van der Waals surface area (Å²) >= 11 is 0. The van der Waals surface area contributed by atoms with Gasteiger partial charge in [-0.2, -0.15) is 0 Å². The minimum absolute atomic E-state index is 0.0644. The van der Waals surface area contributed by atoms with Crippen molar-refractivity contribution in [2.75, 3.05) is 7.11 Å². The number of carbonyl (C=O) groups is 3. The topological polar surface area (TPSA) is 84.5 Å². The van der Waals surface area contributed by atoms with Crippen molar-refractivity contribution in [3.05, 3.63) is 95.3 Å². The van der Waals surface area contributed by atoms with E-state index in [4.69, 9.17) is 4.74 Å². The van der Waals surface area contributed by atoms with Gasteiger partial charge < -0.3 is 15.4 Å². The van der Waals surface area contributed by atoms with Gasteiger partial charge in [0, 0.05) is 19.3 Å². The zero-order valence-corrected chi connectivity index (χ0v) is 18.9.